The monoisotopic (exact) mass is 521 g/mol. The van der Waals surface area contributed by atoms with Gasteiger partial charge < -0.3 is 14.5 Å². The molecule has 0 unspecified atom stereocenters. The summed E-state index contributed by atoms with van der Waals surface area (Å²) in [6.07, 6.45) is 0.0539. The standard InChI is InChI=1S/C29H35N3O4S/c1-22-9-8-12-27(23(22)2)31-17-19-32(20-18-31)29(33)21-28(24-13-15-25(36-4)16-14-24)30(3)37(34,35)26-10-6-5-7-11-26/h5-16,28H,17-21H2,1-4H3/t28-/m1/s1. The number of sulfonamides is 1. The van der Waals surface area contributed by atoms with Gasteiger partial charge in [0.2, 0.25) is 15.9 Å². The SMILES string of the molecule is COc1ccc([C@@H](CC(=O)N2CCN(c3cccc(C)c3C)CC2)N(C)S(=O)(=O)c2ccccc2)cc1. The molecule has 196 valence electrons. The highest BCUT2D eigenvalue weighted by molar-refractivity contribution is 7.89. The zero-order valence-corrected chi connectivity index (χ0v) is 22.7. The highest BCUT2D eigenvalue weighted by Crippen LogP contribution is 2.31. The van der Waals surface area contributed by atoms with Gasteiger partial charge in [-0.1, -0.05) is 42.5 Å². The fourth-order valence-corrected chi connectivity index (χ4v) is 6.14. The van der Waals surface area contributed by atoms with Crippen LogP contribution in [0, 0.1) is 13.8 Å². The lowest BCUT2D eigenvalue weighted by atomic mass is 10.0. The highest BCUT2D eigenvalue weighted by Gasteiger charge is 2.33. The zero-order chi connectivity index (χ0) is 26.6. The van der Waals surface area contributed by atoms with Crippen molar-refractivity contribution in [3.8, 4) is 5.75 Å². The number of carbonyl (C=O) groups is 1. The van der Waals surface area contributed by atoms with Crippen LogP contribution in [0.15, 0.2) is 77.7 Å². The number of rotatable bonds is 8. The first kappa shape index (κ1) is 26.7. The lowest BCUT2D eigenvalue weighted by Crippen LogP contribution is -2.49. The number of hydrogen-bond donors (Lipinski definition) is 0. The third kappa shape index (κ3) is 5.81. The summed E-state index contributed by atoms with van der Waals surface area (Å²) in [6, 6.07) is 21.2. The van der Waals surface area contributed by atoms with Crippen LogP contribution in [0.4, 0.5) is 5.69 Å². The Kier molecular flexibility index (Phi) is 8.19. The topological polar surface area (TPSA) is 70.2 Å². The quantitative estimate of drug-likeness (QED) is 0.439. The molecular formula is C29H35N3O4S. The molecule has 37 heavy (non-hydrogen) atoms. The average molecular weight is 522 g/mol. The van der Waals surface area contributed by atoms with Crippen LogP contribution in [0.1, 0.15) is 29.2 Å². The smallest absolute Gasteiger partial charge is 0.243 e. The fourth-order valence-electron chi connectivity index (χ4n) is 4.78. The summed E-state index contributed by atoms with van der Waals surface area (Å²) in [6.45, 7) is 6.90. The lowest BCUT2D eigenvalue weighted by molar-refractivity contribution is -0.132. The number of carbonyl (C=O) groups excluding carboxylic acids is 1. The summed E-state index contributed by atoms with van der Waals surface area (Å²) in [5.41, 5.74) is 4.46. The number of piperazine rings is 1. The number of amides is 1. The molecule has 0 spiro atoms. The molecule has 4 rings (SSSR count). The molecular weight excluding hydrogens is 486 g/mol. The van der Waals surface area contributed by atoms with E-state index in [1.165, 1.54) is 21.1 Å². The van der Waals surface area contributed by atoms with Gasteiger partial charge >= 0.3 is 0 Å². The van der Waals surface area contributed by atoms with Crippen molar-refractivity contribution in [2.45, 2.75) is 31.2 Å². The number of aryl methyl sites for hydroxylation is 1. The molecule has 0 bridgehead atoms. The maximum absolute atomic E-state index is 13.5. The Labute approximate surface area is 220 Å². The lowest BCUT2D eigenvalue weighted by Gasteiger charge is -2.38. The normalized spacial score (nSPS) is 15.1. The van der Waals surface area contributed by atoms with Crippen LogP contribution in [-0.4, -0.2) is 63.9 Å². The van der Waals surface area contributed by atoms with E-state index < -0.39 is 16.1 Å². The number of methoxy groups -OCH3 is 1. The minimum atomic E-state index is -3.81. The van der Waals surface area contributed by atoms with Crippen molar-refractivity contribution in [1.82, 2.24) is 9.21 Å². The van der Waals surface area contributed by atoms with E-state index in [1.807, 2.05) is 17.0 Å². The molecule has 8 heteroatoms. The Morgan fingerprint density at radius 3 is 2.19 bits per heavy atom. The van der Waals surface area contributed by atoms with Crippen LogP contribution in [0.5, 0.6) is 5.75 Å². The number of anilines is 1. The Morgan fingerprint density at radius 2 is 1.57 bits per heavy atom. The first-order chi connectivity index (χ1) is 17.7. The molecule has 1 amide bonds. The molecule has 3 aromatic carbocycles. The second kappa shape index (κ2) is 11.4. The third-order valence-corrected chi connectivity index (χ3v) is 9.16. The van der Waals surface area contributed by atoms with Crippen molar-refractivity contribution in [2.75, 3.05) is 45.2 Å². The van der Waals surface area contributed by atoms with Crippen LogP contribution in [0.3, 0.4) is 0 Å². The van der Waals surface area contributed by atoms with Crippen molar-refractivity contribution in [1.29, 1.82) is 0 Å². The third-order valence-electron chi connectivity index (χ3n) is 7.28. The Morgan fingerprint density at radius 1 is 0.919 bits per heavy atom. The Bertz CT molecular complexity index is 1320. The van der Waals surface area contributed by atoms with Gasteiger partial charge in [-0.3, -0.25) is 4.79 Å². The number of ether oxygens (including phenoxy) is 1. The summed E-state index contributed by atoms with van der Waals surface area (Å²) in [7, 11) is -0.681. The van der Waals surface area contributed by atoms with Gasteiger partial charge in [0.05, 0.1) is 18.0 Å². The van der Waals surface area contributed by atoms with Gasteiger partial charge in [0.15, 0.2) is 0 Å². The van der Waals surface area contributed by atoms with E-state index in [1.54, 1.807) is 56.6 Å². The summed E-state index contributed by atoms with van der Waals surface area (Å²) in [5, 5.41) is 0. The number of benzene rings is 3. The van der Waals surface area contributed by atoms with Crippen molar-refractivity contribution < 1.29 is 17.9 Å². The molecule has 0 radical (unpaired) electrons. The van der Waals surface area contributed by atoms with Crippen molar-refractivity contribution in [3.63, 3.8) is 0 Å². The summed E-state index contributed by atoms with van der Waals surface area (Å²) in [4.78, 5) is 17.9. The molecule has 1 fully saturated rings. The van der Waals surface area contributed by atoms with E-state index in [9.17, 15) is 13.2 Å². The van der Waals surface area contributed by atoms with E-state index in [0.29, 0.717) is 18.8 Å². The van der Waals surface area contributed by atoms with Gasteiger partial charge in [0.1, 0.15) is 5.75 Å². The molecule has 3 aromatic rings. The van der Waals surface area contributed by atoms with Gasteiger partial charge in [0, 0.05) is 45.3 Å². The van der Waals surface area contributed by atoms with E-state index in [4.69, 9.17) is 4.74 Å². The van der Waals surface area contributed by atoms with Crippen LogP contribution in [0.2, 0.25) is 0 Å². The molecule has 1 aliphatic heterocycles. The van der Waals surface area contributed by atoms with Crippen LogP contribution in [0.25, 0.3) is 0 Å². The number of nitrogens with zero attached hydrogens (tertiary/aromatic N) is 3. The molecule has 0 N–H and O–H groups in total. The van der Waals surface area contributed by atoms with Crippen molar-refractivity contribution >= 4 is 21.6 Å². The van der Waals surface area contributed by atoms with Crippen molar-refractivity contribution in [3.05, 3.63) is 89.5 Å². The maximum atomic E-state index is 13.5. The molecule has 1 atom stereocenters. The van der Waals surface area contributed by atoms with Gasteiger partial charge in [-0.05, 0) is 60.9 Å². The second-order valence-corrected chi connectivity index (χ2v) is 11.4. The predicted molar refractivity (Wildman–Crippen MR) is 146 cm³/mol. The largest absolute Gasteiger partial charge is 0.497 e. The molecule has 0 aliphatic carbocycles. The second-order valence-electron chi connectivity index (χ2n) is 9.41. The zero-order valence-electron chi connectivity index (χ0n) is 21.9. The summed E-state index contributed by atoms with van der Waals surface area (Å²) in [5.74, 6) is 0.613. The molecule has 0 saturated carbocycles. The predicted octanol–water partition coefficient (Wildman–Crippen LogP) is 4.41. The molecule has 1 heterocycles. The van der Waals surface area contributed by atoms with E-state index >= 15 is 0 Å². The van der Waals surface area contributed by atoms with Gasteiger partial charge in [-0.25, -0.2) is 8.42 Å². The average Bonchev–Trinajstić information content (AvgIpc) is 2.93. The fraction of sp³-hybridized carbons (Fsp3) is 0.345. The first-order valence-electron chi connectivity index (χ1n) is 12.5. The van der Waals surface area contributed by atoms with Crippen LogP contribution in [-0.2, 0) is 14.8 Å². The molecule has 7 nitrogen and oxygen atoms in total. The van der Waals surface area contributed by atoms with E-state index in [-0.39, 0.29) is 17.2 Å². The van der Waals surface area contributed by atoms with Gasteiger partial charge in [-0.2, -0.15) is 4.31 Å². The first-order valence-corrected chi connectivity index (χ1v) is 13.9. The molecule has 1 aliphatic rings. The van der Waals surface area contributed by atoms with Gasteiger partial charge in [-0.15, -0.1) is 0 Å². The summed E-state index contributed by atoms with van der Waals surface area (Å²) < 4.78 is 33.5. The summed E-state index contributed by atoms with van der Waals surface area (Å²) >= 11 is 0. The van der Waals surface area contributed by atoms with Gasteiger partial charge in [0.25, 0.3) is 0 Å². The van der Waals surface area contributed by atoms with E-state index in [2.05, 4.69) is 36.9 Å². The Balaban J connectivity index is 1.53. The maximum Gasteiger partial charge on any atom is 0.243 e. The van der Waals surface area contributed by atoms with Crippen molar-refractivity contribution in [2.24, 2.45) is 0 Å². The minimum absolute atomic E-state index is 0.0539. The minimum Gasteiger partial charge on any atom is -0.497 e. The number of hydrogen-bond acceptors (Lipinski definition) is 5. The van der Waals surface area contributed by atoms with Crippen LogP contribution < -0.4 is 9.64 Å². The van der Waals surface area contributed by atoms with E-state index in [0.717, 1.165) is 18.7 Å². The highest BCUT2D eigenvalue weighted by atomic mass is 32.2. The Hall–Kier alpha value is -3.36. The molecule has 0 aromatic heterocycles. The van der Waals surface area contributed by atoms with Crippen LogP contribution >= 0.6 is 0 Å². The molecule has 1 saturated heterocycles.